The second-order valence-electron chi connectivity index (χ2n) is 6.84. The van der Waals surface area contributed by atoms with Crippen LogP contribution in [0.2, 0.25) is 0 Å². The van der Waals surface area contributed by atoms with Crippen molar-refractivity contribution in [1.82, 2.24) is 19.7 Å². The van der Waals surface area contributed by atoms with E-state index < -0.39 is 0 Å². The Morgan fingerprint density at radius 2 is 1.62 bits per heavy atom. The molecule has 3 aromatic rings. The first-order valence-electron chi connectivity index (χ1n) is 9.83. The highest BCUT2D eigenvalue weighted by Crippen LogP contribution is 2.23. The molecule has 1 saturated heterocycles. The normalized spacial score (nSPS) is 14.1. The fourth-order valence-corrected chi connectivity index (χ4v) is 4.20. The van der Waals surface area contributed by atoms with E-state index >= 15 is 0 Å². The van der Waals surface area contributed by atoms with Gasteiger partial charge in [-0.1, -0.05) is 60.3 Å². The quantitative estimate of drug-likeness (QED) is 0.563. The summed E-state index contributed by atoms with van der Waals surface area (Å²) in [5, 5.41) is 9.60. The Morgan fingerprint density at radius 3 is 2.34 bits per heavy atom. The molecule has 1 aromatic heterocycles. The summed E-state index contributed by atoms with van der Waals surface area (Å²) in [6.07, 6.45) is 1.67. The Labute approximate surface area is 174 Å². The van der Waals surface area contributed by atoms with E-state index in [1.807, 2.05) is 41.3 Å². The molecule has 1 aliphatic rings. The standard InChI is InChI=1S/C22H24N4O2S/c27-21(25-13-15-28-16-14-25)17-29-22-24-23-20(12-11-18-7-3-1-4-8-18)26(22)19-9-5-2-6-10-19/h1-10H,11-17H2. The van der Waals surface area contributed by atoms with E-state index in [0.717, 1.165) is 29.5 Å². The summed E-state index contributed by atoms with van der Waals surface area (Å²) in [6, 6.07) is 20.5. The van der Waals surface area contributed by atoms with E-state index in [1.165, 1.54) is 17.3 Å². The van der Waals surface area contributed by atoms with Crippen LogP contribution in [0.15, 0.2) is 65.8 Å². The third kappa shape index (κ3) is 5.05. The van der Waals surface area contributed by atoms with E-state index in [0.29, 0.717) is 32.1 Å². The van der Waals surface area contributed by atoms with Crippen LogP contribution in [0.1, 0.15) is 11.4 Å². The second-order valence-corrected chi connectivity index (χ2v) is 7.78. The molecule has 4 rings (SSSR count). The Morgan fingerprint density at radius 1 is 0.931 bits per heavy atom. The molecule has 29 heavy (non-hydrogen) atoms. The summed E-state index contributed by atoms with van der Waals surface area (Å²) in [4.78, 5) is 14.4. The van der Waals surface area contributed by atoms with Crippen molar-refractivity contribution in [3.8, 4) is 5.69 Å². The number of morpholine rings is 1. The lowest BCUT2D eigenvalue weighted by molar-refractivity contribution is -0.132. The summed E-state index contributed by atoms with van der Waals surface area (Å²) >= 11 is 1.44. The van der Waals surface area contributed by atoms with Crippen LogP contribution in [0.4, 0.5) is 0 Å². The highest BCUT2D eigenvalue weighted by molar-refractivity contribution is 7.99. The molecule has 6 nitrogen and oxygen atoms in total. The Balaban J connectivity index is 1.50. The van der Waals surface area contributed by atoms with Crippen LogP contribution in [0, 0.1) is 0 Å². The third-order valence-electron chi connectivity index (χ3n) is 4.88. The molecule has 7 heteroatoms. The number of amides is 1. The first-order valence-corrected chi connectivity index (χ1v) is 10.8. The third-order valence-corrected chi connectivity index (χ3v) is 5.80. The van der Waals surface area contributed by atoms with Crippen LogP contribution < -0.4 is 0 Å². The molecular weight excluding hydrogens is 384 g/mol. The maximum absolute atomic E-state index is 12.5. The summed E-state index contributed by atoms with van der Waals surface area (Å²) in [5.41, 5.74) is 2.29. The fourth-order valence-electron chi connectivity index (χ4n) is 3.32. The highest BCUT2D eigenvalue weighted by atomic mass is 32.2. The topological polar surface area (TPSA) is 60.2 Å². The van der Waals surface area contributed by atoms with Gasteiger partial charge in [0.2, 0.25) is 5.91 Å². The number of para-hydroxylation sites is 1. The average Bonchev–Trinajstić information content (AvgIpc) is 3.20. The molecule has 0 saturated carbocycles. The molecule has 2 aromatic carbocycles. The van der Waals surface area contributed by atoms with Gasteiger partial charge in [0, 0.05) is 25.2 Å². The Bertz CT molecular complexity index is 925. The van der Waals surface area contributed by atoms with Gasteiger partial charge >= 0.3 is 0 Å². The van der Waals surface area contributed by atoms with Crippen LogP contribution in [-0.2, 0) is 22.4 Å². The van der Waals surface area contributed by atoms with E-state index in [-0.39, 0.29) is 5.91 Å². The first kappa shape index (κ1) is 19.7. The van der Waals surface area contributed by atoms with Gasteiger partial charge in [0.25, 0.3) is 0 Å². The zero-order chi connectivity index (χ0) is 19.9. The van der Waals surface area contributed by atoms with Crippen molar-refractivity contribution >= 4 is 17.7 Å². The minimum Gasteiger partial charge on any atom is -0.378 e. The number of carbonyl (C=O) groups excluding carboxylic acids is 1. The monoisotopic (exact) mass is 408 g/mol. The zero-order valence-corrected chi connectivity index (χ0v) is 17.1. The number of ether oxygens (including phenoxy) is 1. The van der Waals surface area contributed by atoms with Gasteiger partial charge in [0.05, 0.1) is 19.0 Å². The molecule has 0 unspecified atom stereocenters. The predicted octanol–water partition coefficient (Wildman–Crippen LogP) is 3.00. The molecular formula is C22H24N4O2S. The van der Waals surface area contributed by atoms with Crippen LogP contribution in [0.25, 0.3) is 5.69 Å². The maximum Gasteiger partial charge on any atom is 0.233 e. The molecule has 150 valence electrons. The highest BCUT2D eigenvalue weighted by Gasteiger charge is 2.20. The van der Waals surface area contributed by atoms with Crippen molar-refractivity contribution in [3.05, 3.63) is 72.1 Å². The number of nitrogens with zero attached hydrogens (tertiary/aromatic N) is 4. The number of aromatic nitrogens is 3. The van der Waals surface area contributed by atoms with Crippen molar-refractivity contribution in [3.63, 3.8) is 0 Å². The number of thioether (sulfide) groups is 1. The predicted molar refractivity (Wildman–Crippen MR) is 113 cm³/mol. The van der Waals surface area contributed by atoms with Crippen LogP contribution in [0.5, 0.6) is 0 Å². The van der Waals surface area contributed by atoms with Gasteiger partial charge in [-0.25, -0.2) is 0 Å². The molecule has 0 radical (unpaired) electrons. The molecule has 0 atom stereocenters. The summed E-state index contributed by atoms with van der Waals surface area (Å²) in [7, 11) is 0. The lowest BCUT2D eigenvalue weighted by atomic mass is 10.1. The number of carbonyl (C=O) groups is 1. The molecule has 1 amide bonds. The summed E-state index contributed by atoms with van der Waals surface area (Å²) in [5.74, 6) is 1.37. The fraction of sp³-hybridized carbons (Fsp3) is 0.318. The number of hydrogen-bond acceptors (Lipinski definition) is 5. The molecule has 1 aliphatic heterocycles. The van der Waals surface area contributed by atoms with Gasteiger partial charge < -0.3 is 9.64 Å². The molecule has 0 spiro atoms. The SMILES string of the molecule is O=C(CSc1nnc(CCc2ccccc2)n1-c1ccccc1)N1CCOCC1. The smallest absolute Gasteiger partial charge is 0.233 e. The van der Waals surface area contributed by atoms with E-state index in [1.54, 1.807) is 0 Å². The molecule has 2 heterocycles. The van der Waals surface area contributed by atoms with Crippen molar-refractivity contribution in [2.45, 2.75) is 18.0 Å². The maximum atomic E-state index is 12.5. The zero-order valence-electron chi connectivity index (χ0n) is 16.2. The molecule has 0 aliphatic carbocycles. The lowest BCUT2D eigenvalue weighted by Gasteiger charge is -2.26. The van der Waals surface area contributed by atoms with Crippen LogP contribution in [0.3, 0.4) is 0 Å². The molecule has 1 fully saturated rings. The molecule has 0 N–H and O–H groups in total. The van der Waals surface area contributed by atoms with E-state index in [9.17, 15) is 4.79 Å². The minimum atomic E-state index is 0.117. The first-order chi connectivity index (χ1) is 14.3. The summed E-state index contributed by atoms with van der Waals surface area (Å²) in [6.45, 7) is 2.54. The van der Waals surface area contributed by atoms with Crippen molar-refractivity contribution < 1.29 is 9.53 Å². The van der Waals surface area contributed by atoms with Gasteiger partial charge in [-0.3, -0.25) is 9.36 Å². The number of benzene rings is 2. The van der Waals surface area contributed by atoms with Crippen molar-refractivity contribution in [2.75, 3.05) is 32.1 Å². The molecule has 0 bridgehead atoms. The summed E-state index contributed by atoms with van der Waals surface area (Å²) < 4.78 is 7.40. The minimum absolute atomic E-state index is 0.117. The van der Waals surface area contributed by atoms with Crippen molar-refractivity contribution in [2.24, 2.45) is 0 Å². The van der Waals surface area contributed by atoms with E-state index in [2.05, 4.69) is 39.0 Å². The van der Waals surface area contributed by atoms with Crippen molar-refractivity contribution in [1.29, 1.82) is 0 Å². The Kier molecular flexibility index (Phi) is 6.59. The second kappa shape index (κ2) is 9.71. The van der Waals surface area contributed by atoms with Gasteiger partial charge in [0.1, 0.15) is 5.82 Å². The van der Waals surface area contributed by atoms with Crippen LogP contribution in [-0.4, -0.2) is 57.6 Å². The van der Waals surface area contributed by atoms with Gasteiger partial charge in [-0.15, -0.1) is 10.2 Å². The largest absolute Gasteiger partial charge is 0.378 e. The van der Waals surface area contributed by atoms with Gasteiger partial charge in [-0.2, -0.15) is 0 Å². The average molecular weight is 409 g/mol. The van der Waals surface area contributed by atoms with Crippen LogP contribution >= 0.6 is 11.8 Å². The number of aryl methyl sites for hydroxylation is 2. The van der Waals surface area contributed by atoms with Gasteiger partial charge in [-0.05, 0) is 24.1 Å². The number of hydrogen-bond donors (Lipinski definition) is 0. The van der Waals surface area contributed by atoms with E-state index in [4.69, 9.17) is 4.74 Å². The lowest BCUT2D eigenvalue weighted by Crippen LogP contribution is -2.41. The Hall–Kier alpha value is -2.64. The van der Waals surface area contributed by atoms with Gasteiger partial charge in [0.15, 0.2) is 5.16 Å². The number of rotatable bonds is 7.